The van der Waals surface area contributed by atoms with Crippen LogP contribution in [0.5, 0.6) is 0 Å². The fourth-order valence-electron chi connectivity index (χ4n) is 2.50. The monoisotopic (exact) mass is 350 g/mol. The molecule has 1 aromatic heterocycles. The highest BCUT2D eigenvalue weighted by Gasteiger charge is 2.32. The Balaban J connectivity index is 1.65. The highest BCUT2D eigenvalue weighted by molar-refractivity contribution is 5.94. The van der Waals surface area contributed by atoms with E-state index in [1.54, 1.807) is 12.1 Å². The van der Waals surface area contributed by atoms with Gasteiger partial charge in [0.1, 0.15) is 11.5 Å². The molecule has 3 nitrogen and oxygen atoms in total. The van der Waals surface area contributed by atoms with E-state index in [4.69, 9.17) is 0 Å². The third kappa shape index (κ3) is 4.17. The number of aryl methyl sites for hydroxylation is 1. The summed E-state index contributed by atoms with van der Waals surface area (Å²) in [6, 6.07) is 11.4. The Morgan fingerprint density at radius 1 is 1.04 bits per heavy atom. The van der Waals surface area contributed by atoms with Crippen LogP contribution in [0.15, 0.2) is 48.5 Å². The van der Waals surface area contributed by atoms with Crippen molar-refractivity contribution in [1.29, 1.82) is 0 Å². The van der Waals surface area contributed by atoms with Gasteiger partial charge in [-0.1, -0.05) is 12.1 Å². The molecule has 0 spiro atoms. The van der Waals surface area contributed by atoms with Crippen molar-refractivity contribution in [2.24, 2.45) is 0 Å². The number of benzene rings is 2. The van der Waals surface area contributed by atoms with Crippen molar-refractivity contribution in [3.05, 3.63) is 65.6 Å². The number of anilines is 1. The topological polar surface area (TPSA) is 44.9 Å². The number of H-pyrrole nitrogens is 1. The van der Waals surface area contributed by atoms with E-state index in [0.29, 0.717) is 23.0 Å². The second-order valence-corrected chi connectivity index (χ2v) is 5.66. The molecule has 0 unspecified atom stereocenters. The Morgan fingerprint density at radius 3 is 2.44 bits per heavy atom. The van der Waals surface area contributed by atoms with Crippen molar-refractivity contribution in [3.8, 4) is 0 Å². The fraction of sp³-hybridized carbons (Fsp3) is 0.167. The lowest BCUT2D eigenvalue weighted by Gasteiger charge is -2.05. The lowest BCUT2D eigenvalue weighted by molar-refractivity contribution is -0.140. The third-order valence-electron chi connectivity index (χ3n) is 3.76. The molecule has 0 radical (unpaired) electrons. The molecule has 0 aliphatic rings. The Labute approximate surface area is 140 Å². The van der Waals surface area contributed by atoms with Crippen LogP contribution in [-0.4, -0.2) is 10.9 Å². The lowest BCUT2D eigenvalue weighted by Crippen LogP contribution is -2.12. The van der Waals surface area contributed by atoms with Crippen LogP contribution in [0.2, 0.25) is 0 Å². The number of carbonyl (C=O) groups is 1. The van der Waals surface area contributed by atoms with Gasteiger partial charge in [-0.3, -0.25) is 4.79 Å². The molecule has 0 saturated carbocycles. The highest BCUT2D eigenvalue weighted by Crippen LogP contribution is 2.31. The summed E-state index contributed by atoms with van der Waals surface area (Å²) in [7, 11) is 0. The van der Waals surface area contributed by atoms with Gasteiger partial charge < -0.3 is 10.3 Å². The number of rotatable bonds is 4. The van der Waals surface area contributed by atoms with Gasteiger partial charge in [0.2, 0.25) is 5.91 Å². The molecule has 0 bridgehead atoms. The molecule has 1 heterocycles. The molecule has 1 amide bonds. The summed E-state index contributed by atoms with van der Waals surface area (Å²) in [4.78, 5) is 14.3. The van der Waals surface area contributed by atoms with Crippen molar-refractivity contribution in [2.45, 2.75) is 19.0 Å². The number of aromatic amines is 1. The maximum absolute atomic E-state index is 12.8. The first-order chi connectivity index (χ1) is 11.8. The molecule has 3 aromatic rings. The van der Waals surface area contributed by atoms with Crippen molar-refractivity contribution in [3.63, 3.8) is 0 Å². The number of aromatic nitrogens is 1. The van der Waals surface area contributed by atoms with E-state index >= 15 is 0 Å². The molecule has 2 aromatic carbocycles. The van der Waals surface area contributed by atoms with E-state index in [2.05, 4.69) is 10.3 Å². The quantitative estimate of drug-likeness (QED) is 0.646. The number of halogens is 4. The van der Waals surface area contributed by atoms with Crippen LogP contribution in [0.4, 0.5) is 23.2 Å². The number of hydrogen-bond donors (Lipinski definition) is 2. The van der Waals surface area contributed by atoms with Crippen LogP contribution in [-0.2, 0) is 17.4 Å². The zero-order chi connectivity index (χ0) is 18.0. The number of fused-ring (bicyclic) bond motifs is 1. The molecule has 0 aliphatic heterocycles. The fourth-order valence-corrected chi connectivity index (χ4v) is 2.50. The van der Waals surface area contributed by atoms with Crippen molar-refractivity contribution >= 4 is 22.5 Å². The van der Waals surface area contributed by atoms with Gasteiger partial charge in [0.15, 0.2) is 0 Å². The first-order valence-corrected chi connectivity index (χ1v) is 7.55. The van der Waals surface area contributed by atoms with Crippen LogP contribution in [0.1, 0.15) is 17.7 Å². The van der Waals surface area contributed by atoms with E-state index < -0.39 is 11.9 Å². The van der Waals surface area contributed by atoms with Crippen LogP contribution < -0.4 is 5.32 Å². The highest BCUT2D eigenvalue weighted by atomic mass is 19.4. The molecule has 0 aliphatic carbocycles. The Kier molecular flexibility index (Phi) is 4.48. The number of alkyl halides is 3. The van der Waals surface area contributed by atoms with Crippen LogP contribution >= 0.6 is 0 Å². The Hall–Kier alpha value is -2.83. The minimum absolute atomic E-state index is 0.185. The Bertz CT molecular complexity index is 898. The van der Waals surface area contributed by atoms with Crippen LogP contribution in [0.3, 0.4) is 0 Å². The van der Waals surface area contributed by atoms with Crippen molar-refractivity contribution in [1.82, 2.24) is 4.98 Å². The molecule has 0 atom stereocenters. The average Bonchev–Trinajstić information content (AvgIpc) is 2.98. The number of nitrogens with one attached hydrogen (secondary N) is 2. The third-order valence-corrected chi connectivity index (χ3v) is 3.76. The number of carbonyl (C=O) groups excluding carboxylic acids is 1. The first-order valence-electron chi connectivity index (χ1n) is 7.55. The smallest absolute Gasteiger partial charge is 0.351 e. The summed E-state index contributed by atoms with van der Waals surface area (Å²) in [6.45, 7) is 0. The molecule has 3 rings (SSSR count). The normalized spacial score (nSPS) is 11.7. The van der Waals surface area contributed by atoms with Gasteiger partial charge in [0.05, 0.1) is 0 Å². The van der Waals surface area contributed by atoms with Gasteiger partial charge >= 0.3 is 6.18 Å². The zero-order valence-electron chi connectivity index (χ0n) is 13.0. The number of hydrogen-bond acceptors (Lipinski definition) is 1. The predicted molar refractivity (Wildman–Crippen MR) is 86.7 cm³/mol. The molecule has 25 heavy (non-hydrogen) atoms. The van der Waals surface area contributed by atoms with E-state index in [0.717, 1.165) is 11.6 Å². The summed E-state index contributed by atoms with van der Waals surface area (Å²) >= 11 is 0. The minimum atomic E-state index is -4.45. The summed E-state index contributed by atoms with van der Waals surface area (Å²) in [5, 5.41) is 3.02. The van der Waals surface area contributed by atoms with Gasteiger partial charge in [0, 0.05) is 23.0 Å². The summed E-state index contributed by atoms with van der Waals surface area (Å²) in [5.74, 6) is -0.610. The summed E-state index contributed by atoms with van der Waals surface area (Å²) in [6.07, 6.45) is -3.82. The largest absolute Gasteiger partial charge is 0.431 e. The van der Waals surface area contributed by atoms with Gasteiger partial charge in [-0.15, -0.1) is 0 Å². The van der Waals surface area contributed by atoms with Crippen molar-refractivity contribution < 1.29 is 22.4 Å². The summed E-state index contributed by atoms with van der Waals surface area (Å²) < 4.78 is 50.9. The summed E-state index contributed by atoms with van der Waals surface area (Å²) in [5.41, 5.74) is 0.760. The van der Waals surface area contributed by atoms with Gasteiger partial charge in [-0.2, -0.15) is 13.2 Å². The maximum Gasteiger partial charge on any atom is 0.431 e. The minimum Gasteiger partial charge on any atom is -0.351 e. The van der Waals surface area contributed by atoms with Gasteiger partial charge in [-0.25, -0.2) is 4.39 Å². The van der Waals surface area contributed by atoms with Gasteiger partial charge in [-0.05, 0) is 48.4 Å². The SMILES string of the molecule is O=C(CCc1ccc(F)cc1)Nc1ccc2[nH]c(C(F)(F)F)cc2c1. The van der Waals surface area contributed by atoms with Crippen molar-refractivity contribution in [2.75, 3.05) is 5.32 Å². The Morgan fingerprint density at radius 2 is 1.76 bits per heavy atom. The van der Waals surface area contributed by atoms with E-state index in [1.165, 1.54) is 30.3 Å². The van der Waals surface area contributed by atoms with E-state index in [9.17, 15) is 22.4 Å². The molecular formula is C18H14F4N2O. The maximum atomic E-state index is 12.8. The second kappa shape index (κ2) is 6.58. The van der Waals surface area contributed by atoms with Crippen LogP contribution in [0, 0.1) is 5.82 Å². The molecular weight excluding hydrogens is 336 g/mol. The first kappa shape index (κ1) is 17.0. The van der Waals surface area contributed by atoms with Gasteiger partial charge in [0.25, 0.3) is 0 Å². The van der Waals surface area contributed by atoms with E-state index in [1.807, 2.05) is 0 Å². The molecule has 0 saturated heterocycles. The molecule has 7 heteroatoms. The molecule has 2 N–H and O–H groups in total. The number of amides is 1. The molecule has 130 valence electrons. The molecule has 0 fully saturated rings. The zero-order valence-corrected chi connectivity index (χ0v) is 13.0. The predicted octanol–water partition coefficient (Wildman–Crippen LogP) is 4.90. The second-order valence-electron chi connectivity index (χ2n) is 5.66. The lowest BCUT2D eigenvalue weighted by atomic mass is 10.1. The van der Waals surface area contributed by atoms with Crippen LogP contribution in [0.25, 0.3) is 10.9 Å². The standard InChI is InChI=1S/C18H14F4N2O/c19-13-4-1-11(2-5-13)3-8-17(25)23-14-6-7-15-12(9-14)10-16(24-15)18(20,21)22/h1-2,4-7,9-10,24H,3,8H2,(H,23,25). The average molecular weight is 350 g/mol. The van der Waals surface area contributed by atoms with E-state index in [-0.39, 0.29) is 18.1 Å².